The highest BCUT2D eigenvalue weighted by Gasteiger charge is 2.50. The second kappa shape index (κ2) is 8.58. The maximum absolute atomic E-state index is 7.01. The Morgan fingerprint density at radius 2 is 1.34 bits per heavy atom. The molecule has 2 rings (SSSR count). The molecule has 0 unspecified atom stereocenters. The van der Waals surface area contributed by atoms with Crippen molar-refractivity contribution in [1.82, 2.24) is 4.90 Å². The third kappa shape index (κ3) is 5.82. The molecule has 1 aliphatic heterocycles. The van der Waals surface area contributed by atoms with Gasteiger partial charge in [0, 0.05) is 19.1 Å². The van der Waals surface area contributed by atoms with Crippen molar-refractivity contribution in [2.75, 3.05) is 6.54 Å². The number of rotatable bonds is 6. The summed E-state index contributed by atoms with van der Waals surface area (Å²) in [4.78, 5) is 2.56. The summed E-state index contributed by atoms with van der Waals surface area (Å²) in [7, 11) is -3.76. The third-order valence-electron chi connectivity index (χ3n) is 7.55. The summed E-state index contributed by atoms with van der Waals surface area (Å²) in [6, 6.07) is 11.1. The molecule has 0 radical (unpaired) electrons. The van der Waals surface area contributed by atoms with Crippen LogP contribution >= 0.6 is 0 Å². The molecule has 0 spiro atoms. The van der Waals surface area contributed by atoms with E-state index in [9.17, 15) is 0 Å². The van der Waals surface area contributed by atoms with Crippen LogP contribution in [0.3, 0.4) is 0 Å². The monoisotopic (exact) mass is 435 g/mol. The molecule has 1 saturated heterocycles. The van der Waals surface area contributed by atoms with Crippen LogP contribution in [0.1, 0.15) is 54.0 Å². The highest BCUT2D eigenvalue weighted by atomic mass is 28.4. The van der Waals surface area contributed by atoms with Gasteiger partial charge < -0.3 is 8.85 Å². The van der Waals surface area contributed by atoms with Crippen LogP contribution < -0.4 is 0 Å². The summed E-state index contributed by atoms with van der Waals surface area (Å²) < 4.78 is 14.0. The molecule has 0 aliphatic carbocycles. The van der Waals surface area contributed by atoms with Crippen LogP contribution in [-0.2, 0) is 15.4 Å². The lowest BCUT2D eigenvalue weighted by molar-refractivity contribution is 0.0556. The summed E-state index contributed by atoms with van der Waals surface area (Å²) in [6.07, 6.45) is 0.275. The molecule has 1 heterocycles. The van der Waals surface area contributed by atoms with Crippen LogP contribution in [0, 0.1) is 0 Å². The molecule has 0 N–H and O–H groups in total. The van der Waals surface area contributed by atoms with Crippen LogP contribution in [0.5, 0.6) is 0 Å². The van der Waals surface area contributed by atoms with E-state index in [2.05, 4.69) is 110 Å². The van der Waals surface area contributed by atoms with Crippen molar-refractivity contribution < 1.29 is 8.85 Å². The second-order valence-electron chi connectivity index (χ2n) is 11.9. The van der Waals surface area contributed by atoms with Crippen molar-refractivity contribution in [3.05, 3.63) is 35.9 Å². The van der Waals surface area contributed by atoms with E-state index in [1.54, 1.807) is 0 Å². The summed E-state index contributed by atoms with van der Waals surface area (Å²) in [5.74, 6) is 0. The minimum absolute atomic E-state index is 0.133. The van der Waals surface area contributed by atoms with Gasteiger partial charge >= 0.3 is 0 Å². The minimum Gasteiger partial charge on any atom is -0.410 e. The van der Waals surface area contributed by atoms with Gasteiger partial charge in [0.2, 0.25) is 0 Å². The molecule has 5 heteroatoms. The van der Waals surface area contributed by atoms with Crippen LogP contribution in [-0.4, -0.2) is 46.3 Å². The Labute approximate surface area is 182 Å². The number of likely N-dealkylation sites (tertiary alicyclic amines) is 1. The van der Waals surface area contributed by atoms with Crippen molar-refractivity contribution in [3.63, 3.8) is 0 Å². The average Bonchev–Trinajstić information content (AvgIpc) is 2.81. The SMILES string of the molecule is C[C@H]1[C@H](O[Si](C)(C)C(C)(C)C)[C@@H](O[Si](C)(C)C(C)(C)C)CN1Cc1ccccc1. The van der Waals surface area contributed by atoms with Crippen LogP contribution in [0.25, 0.3) is 0 Å². The zero-order valence-electron chi connectivity index (χ0n) is 20.8. The zero-order valence-corrected chi connectivity index (χ0v) is 22.8. The van der Waals surface area contributed by atoms with Gasteiger partial charge in [-0.15, -0.1) is 0 Å². The van der Waals surface area contributed by atoms with Gasteiger partial charge in [0.15, 0.2) is 16.6 Å². The standard InChI is InChI=1S/C24H45NO2Si2/c1-19-22(27-29(10,11)24(5,6)7)21(26-28(8,9)23(2,3)4)18-25(19)17-20-15-13-12-14-16-20/h12-16,19,21-22H,17-18H2,1-11H3/t19-,21-,22-/m0/s1. The molecule has 0 amide bonds. The maximum Gasteiger partial charge on any atom is 0.192 e. The molecule has 3 atom stereocenters. The molecule has 1 aromatic rings. The molecule has 3 nitrogen and oxygen atoms in total. The van der Waals surface area contributed by atoms with Crippen molar-refractivity contribution in [3.8, 4) is 0 Å². The summed E-state index contributed by atoms with van der Waals surface area (Å²) in [5.41, 5.74) is 1.36. The van der Waals surface area contributed by atoms with Crippen molar-refractivity contribution >= 4 is 16.6 Å². The van der Waals surface area contributed by atoms with E-state index in [4.69, 9.17) is 8.85 Å². The van der Waals surface area contributed by atoms with Crippen LogP contribution in [0.15, 0.2) is 30.3 Å². The largest absolute Gasteiger partial charge is 0.410 e. The Hall–Kier alpha value is -0.466. The van der Waals surface area contributed by atoms with E-state index in [0.29, 0.717) is 6.04 Å². The summed E-state index contributed by atoms with van der Waals surface area (Å²) in [5, 5.41) is 0.395. The smallest absolute Gasteiger partial charge is 0.192 e. The second-order valence-corrected chi connectivity index (χ2v) is 21.4. The van der Waals surface area contributed by atoms with Crippen LogP contribution in [0.2, 0.25) is 36.3 Å². The number of benzene rings is 1. The molecular weight excluding hydrogens is 390 g/mol. The van der Waals surface area contributed by atoms with Crippen molar-refractivity contribution in [1.29, 1.82) is 0 Å². The molecule has 29 heavy (non-hydrogen) atoms. The summed E-state index contributed by atoms with van der Waals surface area (Å²) in [6.45, 7) is 27.6. The first-order valence-electron chi connectivity index (χ1n) is 11.2. The van der Waals surface area contributed by atoms with E-state index in [-0.39, 0.29) is 22.3 Å². The lowest BCUT2D eigenvalue weighted by Crippen LogP contribution is -2.52. The molecule has 0 bridgehead atoms. The third-order valence-corrected chi connectivity index (χ3v) is 16.5. The lowest BCUT2D eigenvalue weighted by atomic mass is 10.1. The van der Waals surface area contributed by atoms with E-state index in [1.807, 2.05) is 0 Å². The van der Waals surface area contributed by atoms with Gasteiger partial charge in [0.05, 0.1) is 12.2 Å². The highest BCUT2D eigenvalue weighted by Crippen LogP contribution is 2.42. The molecule has 166 valence electrons. The molecule has 0 saturated carbocycles. The molecule has 1 aliphatic rings. The van der Waals surface area contributed by atoms with E-state index >= 15 is 0 Å². The molecule has 1 aromatic carbocycles. The predicted molar refractivity (Wildman–Crippen MR) is 130 cm³/mol. The predicted octanol–water partition coefficient (Wildman–Crippen LogP) is 6.67. The Bertz CT molecular complexity index is 662. The maximum atomic E-state index is 7.01. The molecule has 1 fully saturated rings. The highest BCUT2D eigenvalue weighted by molar-refractivity contribution is 6.74. The van der Waals surface area contributed by atoms with Gasteiger partial charge in [-0.25, -0.2) is 0 Å². The van der Waals surface area contributed by atoms with Crippen molar-refractivity contribution in [2.45, 2.75) is 110 Å². The Morgan fingerprint density at radius 1 is 0.862 bits per heavy atom. The average molecular weight is 436 g/mol. The fourth-order valence-electron chi connectivity index (χ4n) is 3.40. The fourth-order valence-corrected chi connectivity index (χ4v) is 6.10. The summed E-state index contributed by atoms with van der Waals surface area (Å²) >= 11 is 0. The first-order valence-corrected chi connectivity index (χ1v) is 17.0. The molecular formula is C24H45NO2Si2. The first-order chi connectivity index (χ1) is 13.1. The number of nitrogens with zero attached hydrogens (tertiary/aromatic N) is 1. The lowest BCUT2D eigenvalue weighted by Gasteiger charge is -2.43. The fraction of sp³-hybridized carbons (Fsp3) is 0.750. The Kier molecular flexibility index (Phi) is 7.34. The number of hydrogen-bond acceptors (Lipinski definition) is 3. The van der Waals surface area contributed by atoms with Gasteiger partial charge in [-0.1, -0.05) is 71.9 Å². The van der Waals surface area contributed by atoms with E-state index in [0.717, 1.165) is 13.1 Å². The number of hydrogen-bond donors (Lipinski definition) is 0. The first kappa shape index (κ1) is 24.8. The van der Waals surface area contributed by atoms with Gasteiger partial charge in [-0.3, -0.25) is 4.90 Å². The minimum atomic E-state index is -1.89. The van der Waals surface area contributed by atoms with E-state index in [1.165, 1.54) is 5.56 Å². The topological polar surface area (TPSA) is 21.7 Å². The van der Waals surface area contributed by atoms with Gasteiger partial charge in [0.25, 0.3) is 0 Å². The van der Waals surface area contributed by atoms with Gasteiger partial charge in [-0.05, 0) is 48.8 Å². The van der Waals surface area contributed by atoms with Crippen LogP contribution in [0.4, 0.5) is 0 Å². The molecule has 0 aromatic heterocycles. The van der Waals surface area contributed by atoms with Gasteiger partial charge in [0.1, 0.15) is 0 Å². The van der Waals surface area contributed by atoms with Gasteiger partial charge in [-0.2, -0.15) is 0 Å². The zero-order chi connectivity index (χ0) is 22.3. The Morgan fingerprint density at radius 3 is 1.83 bits per heavy atom. The van der Waals surface area contributed by atoms with E-state index < -0.39 is 16.6 Å². The normalized spacial score (nSPS) is 24.9. The quantitative estimate of drug-likeness (QED) is 0.466. The Balaban J connectivity index is 2.28. The van der Waals surface area contributed by atoms with Crippen molar-refractivity contribution in [2.24, 2.45) is 0 Å².